The smallest absolute Gasteiger partial charge is 0.408 e. The number of carbonyl (C=O) groups excluding carboxylic acids is 1. The summed E-state index contributed by atoms with van der Waals surface area (Å²) >= 11 is 0. The van der Waals surface area contributed by atoms with Crippen molar-refractivity contribution in [1.29, 1.82) is 0 Å². The standard InChI is InChI=1S/C15H19NO4/c1-10(13(17)18)12(11-8-6-5-7-9-11)16-14(19)20-15(2,3)4/h5-9,12H,1H2,2-4H3,(H,16,19)(H,17,18)/t12-/m1/s1. The van der Waals surface area contributed by atoms with Gasteiger partial charge >= 0.3 is 12.1 Å². The first-order chi connectivity index (χ1) is 9.20. The number of carboxylic acids is 1. The molecule has 1 amide bonds. The Morgan fingerprint density at radius 2 is 1.80 bits per heavy atom. The van der Waals surface area contributed by atoms with E-state index in [4.69, 9.17) is 9.84 Å². The van der Waals surface area contributed by atoms with E-state index < -0.39 is 23.7 Å². The van der Waals surface area contributed by atoms with E-state index in [1.165, 1.54) is 0 Å². The fraction of sp³-hybridized carbons (Fsp3) is 0.333. The molecule has 0 aliphatic rings. The van der Waals surface area contributed by atoms with Gasteiger partial charge in [-0.2, -0.15) is 0 Å². The Kier molecular flexibility index (Phi) is 4.91. The monoisotopic (exact) mass is 277 g/mol. The fourth-order valence-corrected chi connectivity index (χ4v) is 1.57. The van der Waals surface area contributed by atoms with Crippen LogP contribution >= 0.6 is 0 Å². The molecule has 5 heteroatoms. The maximum absolute atomic E-state index is 11.8. The number of hydrogen-bond donors (Lipinski definition) is 2. The molecule has 0 aliphatic heterocycles. The summed E-state index contributed by atoms with van der Waals surface area (Å²) in [5.41, 5.74) is -0.150. The fourth-order valence-electron chi connectivity index (χ4n) is 1.57. The van der Waals surface area contributed by atoms with Gasteiger partial charge in [-0.05, 0) is 26.3 Å². The second-order valence-corrected chi connectivity index (χ2v) is 5.32. The second-order valence-electron chi connectivity index (χ2n) is 5.32. The summed E-state index contributed by atoms with van der Waals surface area (Å²) in [6, 6.07) is 7.93. The van der Waals surface area contributed by atoms with Gasteiger partial charge in [-0.25, -0.2) is 9.59 Å². The van der Waals surface area contributed by atoms with Gasteiger partial charge in [0.15, 0.2) is 0 Å². The third-order valence-electron chi connectivity index (χ3n) is 2.42. The summed E-state index contributed by atoms with van der Waals surface area (Å²) < 4.78 is 5.14. The molecule has 0 spiro atoms. The Morgan fingerprint density at radius 3 is 2.25 bits per heavy atom. The summed E-state index contributed by atoms with van der Waals surface area (Å²) in [5.74, 6) is -1.17. The number of carbonyl (C=O) groups is 2. The van der Waals surface area contributed by atoms with Crippen LogP contribution in [0.4, 0.5) is 4.79 Å². The van der Waals surface area contributed by atoms with Crippen LogP contribution in [0.3, 0.4) is 0 Å². The summed E-state index contributed by atoms with van der Waals surface area (Å²) in [7, 11) is 0. The van der Waals surface area contributed by atoms with E-state index >= 15 is 0 Å². The predicted molar refractivity (Wildman–Crippen MR) is 75.3 cm³/mol. The Morgan fingerprint density at radius 1 is 1.25 bits per heavy atom. The van der Waals surface area contributed by atoms with Gasteiger partial charge in [0.2, 0.25) is 0 Å². The van der Waals surface area contributed by atoms with Crippen molar-refractivity contribution in [3.05, 3.63) is 48.0 Å². The first-order valence-electron chi connectivity index (χ1n) is 6.17. The molecule has 0 bridgehead atoms. The molecule has 5 nitrogen and oxygen atoms in total. The van der Waals surface area contributed by atoms with Crippen molar-refractivity contribution >= 4 is 12.1 Å². The second kappa shape index (κ2) is 6.23. The van der Waals surface area contributed by atoms with E-state index in [1.54, 1.807) is 51.1 Å². The van der Waals surface area contributed by atoms with Gasteiger partial charge in [0.05, 0.1) is 11.6 Å². The highest BCUT2D eigenvalue weighted by molar-refractivity contribution is 5.88. The summed E-state index contributed by atoms with van der Waals surface area (Å²) in [4.78, 5) is 22.9. The van der Waals surface area contributed by atoms with E-state index in [1.807, 2.05) is 0 Å². The Balaban J connectivity index is 2.93. The van der Waals surface area contributed by atoms with Crippen LogP contribution in [0.15, 0.2) is 42.5 Å². The normalized spacial score (nSPS) is 12.3. The highest BCUT2D eigenvalue weighted by Gasteiger charge is 2.25. The van der Waals surface area contributed by atoms with Crippen LogP contribution in [-0.2, 0) is 9.53 Å². The van der Waals surface area contributed by atoms with Crippen LogP contribution in [0.25, 0.3) is 0 Å². The Hall–Kier alpha value is -2.30. The number of nitrogens with one attached hydrogen (secondary N) is 1. The van der Waals surface area contributed by atoms with Crippen LogP contribution in [0.5, 0.6) is 0 Å². The number of rotatable bonds is 4. The maximum Gasteiger partial charge on any atom is 0.408 e. The average Bonchev–Trinajstić information content (AvgIpc) is 2.34. The summed E-state index contributed by atoms with van der Waals surface area (Å²) in [6.45, 7) is 8.71. The van der Waals surface area contributed by atoms with Gasteiger partial charge in [-0.1, -0.05) is 36.9 Å². The SMILES string of the molecule is C=C(C(=O)O)[C@@H](NC(=O)OC(C)(C)C)c1ccccc1. The van der Waals surface area contributed by atoms with Crippen LogP contribution in [0.2, 0.25) is 0 Å². The first-order valence-corrected chi connectivity index (χ1v) is 6.17. The topological polar surface area (TPSA) is 75.6 Å². The van der Waals surface area contributed by atoms with Crippen molar-refractivity contribution in [2.24, 2.45) is 0 Å². The molecule has 20 heavy (non-hydrogen) atoms. The molecule has 0 radical (unpaired) electrons. The minimum absolute atomic E-state index is 0.123. The molecular formula is C15H19NO4. The van der Waals surface area contributed by atoms with Crippen LogP contribution in [-0.4, -0.2) is 22.8 Å². The van der Waals surface area contributed by atoms with Gasteiger partial charge < -0.3 is 15.2 Å². The van der Waals surface area contributed by atoms with E-state index in [0.29, 0.717) is 5.56 Å². The lowest BCUT2D eigenvalue weighted by atomic mass is 10.0. The van der Waals surface area contributed by atoms with Crippen LogP contribution in [0.1, 0.15) is 32.4 Å². The van der Waals surface area contributed by atoms with Crippen molar-refractivity contribution < 1.29 is 19.4 Å². The molecule has 1 rings (SSSR count). The third-order valence-corrected chi connectivity index (χ3v) is 2.42. The zero-order valence-corrected chi connectivity index (χ0v) is 11.8. The van der Waals surface area contributed by atoms with E-state index in [-0.39, 0.29) is 5.57 Å². The molecule has 0 saturated heterocycles. The van der Waals surface area contributed by atoms with E-state index in [0.717, 1.165) is 0 Å². The number of carboxylic acid groups (broad SMARTS) is 1. The minimum Gasteiger partial charge on any atom is -0.478 e. The highest BCUT2D eigenvalue weighted by atomic mass is 16.6. The molecule has 0 heterocycles. The molecule has 0 aromatic heterocycles. The van der Waals surface area contributed by atoms with E-state index in [2.05, 4.69) is 11.9 Å². The summed E-state index contributed by atoms with van der Waals surface area (Å²) in [6.07, 6.45) is -0.686. The lowest BCUT2D eigenvalue weighted by Gasteiger charge is -2.24. The zero-order chi connectivity index (χ0) is 15.3. The average molecular weight is 277 g/mol. The molecular weight excluding hydrogens is 258 g/mol. The first kappa shape index (κ1) is 15.8. The number of benzene rings is 1. The molecule has 0 aliphatic carbocycles. The van der Waals surface area contributed by atoms with Crippen LogP contribution < -0.4 is 5.32 Å². The van der Waals surface area contributed by atoms with E-state index in [9.17, 15) is 9.59 Å². The maximum atomic E-state index is 11.8. The van der Waals surface area contributed by atoms with Crippen molar-refractivity contribution in [1.82, 2.24) is 5.32 Å². The number of aliphatic carboxylic acids is 1. The van der Waals surface area contributed by atoms with Gasteiger partial charge in [0.1, 0.15) is 5.60 Å². The molecule has 1 aromatic rings. The van der Waals surface area contributed by atoms with Crippen LogP contribution in [0, 0.1) is 0 Å². The van der Waals surface area contributed by atoms with Crippen molar-refractivity contribution in [2.45, 2.75) is 32.4 Å². The number of alkyl carbamates (subject to hydrolysis) is 1. The molecule has 0 saturated carbocycles. The molecule has 0 unspecified atom stereocenters. The van der Waals surface area contributed by atoms with Gasteiger partial charge in [0.25, 0.3) is 0 Å². The van der Waals surface area contributed by atoms with Crippen molar-refractivity contribution in [2.75, 3.05) is 0 Å². The van der Waals surface area contributed by atoms with Gasteiger partial charge in [0, 0.05) is 0 Å². The van der Waals surface area contributed by atoms with Crippen molar-refractivity contribution in [3.63, 3.8) is 0 Å². The summed E-state index contributed by atoms with van der Waals surface area (Å²) in [5, 5.41) is 11.6. The highest BCUT2D eigenvalue weighted by Crippen LogP contribution is 2.21. The zero-order valence-electron chi connectivity index (χ0n) is 11.8. The Labute approximate surface area is 118 Å². The number of ether oxygens (including phenoxy) is 1. The Bertz CT molecular complexity index is 502. The quantitative estimate of drug-likeness (QED) is 0.830. The predicted octanol–water partition coefficient (Wildman–Crippen LogP) is 2.89. The largest absolute Gasteiger partial charge is 0.478 e. The molecule has 108 valence electrons. The molecule has 2 N–H and O–H groups in total. The molecule has 1 aromatic carbocycles. The third kappa shape index (κ3) is 4.76. The van der Waals surface area contributed by atoms with Crippen molar-refractivity contribution in [3.8, 4) is 0 Å². The number of hydrogen-bond acceptors (Lipinski definition) is 3. The minimum atomic E-state index is -1.17. The van der Waals surface area contributed by atoms with Gasteiger partial charge in [-0.3, -0.25) is 0 Å². The molecule has 0 fully saturated rings. The lowest BCUT2D eigenvalue weighted by molar-refractivity contribution is -0.133. The number of amides is 1. The molecule has 1 atom stereocenters. The lowest BCUT2D eigenvalue weighted by Crippen LogP contribution is -2.36. The van der Waals surface area contributed by atoms with Gasteiger partial charge in [-0.15, -0.1) is 0 Å².